The number of urea groups is 1. The van der Waals surface area contributed by atoms with Crippen molar-refractivity contribution in [2.75, 3.05) is 13.6 Å². The summed E-state index contributed by atoms with van der Waals surface area (Å²) in [4.78, 5) is 40.7. The summed E-state index contributed by atoms with van der Waals surface area (Å²) in [7, 11) is 1.68. The van der Waals surface area contributed by atoms with Gasteiger partial charge in [-0.1, -0.05) is 43.7 Å². The Hall–Kier alpha value is -2.17. The summed E-state index contributed by atoms with van der Waals surface area (Å²) >= 11 is 0. The number of likely N-dealkylation sites (N-methyl/N-ethyl adjacent to an activating group) is 1. The van der Waals surface area contributed by atoms with E-state index in [1.54, 1.807) is 31.3 Å². The summed E-state index contributed by atoms with van der Waals surface area (Å²) in [6.07, 6.45) is 2.97. The molecule has 3 unspecified atom stereocenters. The van der Waals surface area contributed by atoms with Gasteiger partial charge >= 0.3 is 6.03 Å². The van der Waals surface area contributed by atoms with Crippen molar-refractivity contribution < 1.29 is 14.4 Å². The Kier molecular flexibility index (Phi) is 4.20. The predicted molar refractivity (Wildman–Crippen MR) is 90.6 cm³/mol. The summed E-state index contributed by atoms with van der Waals surface area (Å²) in [6.45, 7) is 3.84. The first-order valence-electron chi connectivity index (χ1n) is 8.53. The van der Waals surface area contributed by atoms with Gasteiger partial charge in [0, 0.05) is 12.6 Å². The van der Waals surface area contributed by atoms with E-state index in [2.05, 4.69) is 6.92 Å². The predicted octanol–water partition coefficient (Wildman–Crippen LogP) is 2.96. The van der Waals surface area contributed by atoms with Gasteiger partial charge in [0.25, 0.3) is 5.91 Å². The van der Waals surface area contributed by atoms with E-state index in [0.717, 1.165) is 24.2 Å². The van der Waals surface area contributed by atoms with Gasteiger partial charge in [0.1, 0.15) is 5.54 Å². The lowest BCUT2D eigenvalue weighted by molar-refractivity contribution is -0.134. The van der Waals surface area contributed by atoms with Gasteiger partial charge in [0.05, 0.1) is 6.54 Å². The lowest BCUT2D eigenvalue weighted by Gasteiger charge is -2.34. The van der Waals surface area contributed by atoms with Gasteiger partial charge in [-0.25, -0.2) is 4.79 Å². The number of carbonyl (C=O) groups is 3. The average Bonchev–Trinajstić information content (AvgIpc) is 3.09. The molecule has 1 aromatic carbocycles. The summed E-state index contributed by atoms with van der Waals surface area (Å²) in [5, 5.41) is 0. The van der Waals surface area contributed by atoms with Crippen LogP contribution in [-0.2, 0) is 4.79 Å². The standard InChI is InChI=1S/C19H24N2O3/c1-13-9-10-15(11-13)19(2)17(23)21(18(24)20(19)3)12-16(22)14-7-5-4-6-8-14/h4-8,13,15H,9-12H2,1-3H3. The van der Waals surface area contributed by atoms with Crippen molar-refractivity contribution in [3.63, 3.8) is 0 Å². The maximum atomic E-state index is 13.0. The van der Waals surface area contributed by atoms with E-state index in [9.17, 15) is 14.4 Å². The van der Waals surface area contributed by atoms with Gasteiger partial charge < -0.3 is 4.90 Å². The Bertz CT molecular complexity index is 672. The minimum Gasteiger partial charge on any atom is -0.313 e. The molecule has 0 N–H and O–H groups in total. The molecule has 128 valence electrons. The van der Waals surface area contributed by atoms with Crippen LogP contribution in [0.4, 0.5) is 4.79 Å². The molecule has 5 heteroatoms. The van der Waals surface area contributed by atoms with Gasteiger partial charge in [0.15, 0.2) is 5.78 Å². The average molecular weight is 328 g/mol. The monoisotopic (exact) mass is 328 g/mol. The molecular weight excluding hydrogens is 304 g/mol. The zero-order valence-corrected chi connectivity index (χ0v) is 14.5. The van der Waals surface area contributed by atoms with Gasteiger partial charge in [-0.05, 0) is 31.6 Å². The highest BCUT2D eigenvalue weighted by molar-refractivity contribution is 6.11. The van der Waals surface area contributed by atoms with Gasteiger partial charge in [0.2, 0.25) is 0 Å². The number of Topliss-reactive ketones (excluding diaryl/α,β-unsaturated/α-hetero) is 1. The quantitative estimate of drug-likeness (QED) is 0.631. The van der Waals surface area contributed by atoms with Crippen molar-refractivity contribution >= 4 is 17.7 Å². The molecule has 5 nitrogen and oxygen atoms in total. The Morgan fingerprint density at radius 2 is 1.88 bits per heavy atom. The van der Waals surface area contributed by atoms with Crippen LogP contribution in [0.15, 0.2) is 30.3 Å². The van der Waals surface area contributed by atoms with Gasteiger partial charge in [-0.3, -0.25) is 14.5 Å². The third-order valence-corrected chi connectivity index (χ3v) is 5.78. The Morgan fingerprint density at radius 3 is 2.46 bits per heavy atom. The van der Waals surface area contributed by atoms with E-state index in [0.29, 0.717) is 11.5 Å². The number of imide groups is 1. The van der Waals surface area contributed by atoms with Gasteiger partial charge in [-0.15, -0.1) is 0 Å². The van der Waals surface area contributed by atoms with Crippen molar-refractivity contribution in [2.45, 2.75) is 38.6 Å². The van der Waals surface area contributed by atoms with Crippen LogP contribution in [0.2, 0.25) is 0 Å². The molecule has 0 spiro atoms. The van der Waals surface area contributed by atoms with Crippen LogP contribution in [-0.4, -0.2) is 46.7 Å². The fourth-order valence-electron chi connectivity index (χ4n) is 4.05. The minimum atomic E-state index is -0.835. The zero-order valence-electron chi connectivity index (χ0n) is 14.5. The first-order valence-corrected chi connectivity index (χ1v) is 8.53. The molecule has 0 radical (unpaired) electrons. The largest absolute Gasteiger partial charge is 0.327 e. The number of ketones is 1. The molecular formula is C19H24N2O3. The van der Waals surface area contributed by atoms with Crippen LogP contribution < -0.4 is 0 Å². The molecule has 1 aliphatic carbocycles. The highest BCUT2D eigenvalue weighted by Crippen LogP contribution is 2.44. The lowest BCUT2D eigenvalue weighted by atomic mass is 9.82. The van der Waals surface area contributed by atoms with Crippen LogP contribution in [0.5, 0.6) is 0 Å². The lowest BCUT2D eigenvalue weighted by Crippen LogP contribution is -2.50. The highest BCUT2D eigenvalue weighted by Gasteiger charge is 2.57. The van der Waals surface area contributed by atoms with Crippen LogP contribution >= 0.6 is 0 Å². The molecule has 24 heavy (non-hydrogen) atoms. The van der Waals surface area contributed by atoms with E-state index < -0.39 is 5.54 Å². The number of amides is 3. The Morgan fingerprint density at radius 1 is 1.21 bits per heavy atom. The summed E-state index contributed by atoms with van der Waals surface area (Å²) in [5.74, 6) is 0.280. The van der Waals surface area contributed by atoms with Crippen LogP contribution in [0.3, 0.4) is 0 Å². The molecule has 1 aliphatic heterocycles. The second-order valence-corrected chi connectivity index (χ2v) is 7.28. The van der Waals surface area contributed by atoms with Crippen molar-refractivity contribution in [3.8, 4) is 0 Å². The molecule has 1 saturated carbocycles. The maximum Gasteiger partial charge on any atom is 0.327 e. The first kappa shape index (κ1) is 16.7. The Balaban J connectivity index is 1.82. The van der Waals surface area contributed by atoms with Gasteiger partial charge in [-0.2, -0.15) is 0 Å². The van der Waals surface area contributed by atoms with Crippen molar-refractivity contribution in [1.82, 2.24) is 9.80 Å². The number of benzene rings is 1. The molecule has 3 amide bonds. The first-order chi connectivity index (χ1) is 11.4. The van der Waals surface area contributed by atoms with E-state index in [-0.39, 0.29) is 30.2 Å². The zero-order chi connectivity index (χ0) is 17.5. The molecule has 3 rings (SSSR count). The fourth-order valence-corrected chi connectivity index (χ4v) is 4.05. The van der Waals surface area contributed by atoms with Crippen LogP contribution in [0.25, 0.3) is 0 Å². The van der Waals surface area contributed by atoms with Crippen molar-refractivity contribution in [2.24, 2.45) is 11.8 Å². The topological polar surface area (TPSA) is 57.7 Å². The molecule has 1 saturated heterocycles. The van der Waals surface area contributed by atoms with Crippen molar-refractivity contribution in [1.29, 1.82) is 0 Å². The van der Waals surface area contributed by atoms with E-state index >= 15 is 0 Å². The number of nitrogens with zero attached hydrogens (tertiary/aromatic N) is 2. The number of carbonyl (C=O) groups excluding carboxylic acids is 3. The fraction of sp³-hybridized carbons (Fsp3) is 0.526. The van der Waals surface area contributed by atoms with E-state index in [4.69, 9.17) is 0 Å². The molecule has 1 aromatic rings. The number of hydrogen-bond donors (Lipinski definition) is 0. The van der Waals surface area contributed by atoms with E-state index in [1.807, 2.05) is 13.0 Å². The minimum absolute atomic E-state index is 0.158. The number of hydrogen-bond acceptors (Lipinski definition) is 3. The van der Waals surface area contributed by atoms with Crippen LogP contribution in [0.1, 0.15) is 43.5 Å². The maximum absolute atomic E-state index is 13.0. The summed E-state index contributed by atoms with van der Waals surface area (Å²) in [5.41, 5.74) is -0.317. The summed E-state index contributed by atoms with van der Waals surface area (Å²) in [6, 6.07) is 8.42. The SMILES string of the molecule is CC1CCC(C2(C)C(=O)N(CC(=O)c3ccccc3)C(=O)N2C)C1. The third kappa shape index (κ3) is 2.52. The molecule has 2 fully saturated rings. The smallest absolute Gasteiger partial charge is 0.313 e. The normalized spacial score (nSPS) is 30.3. The van der Waals surface area contributed by atoms with E-state index in [1.165, 1.54) is 4.90 Å². The second kappa shape index (κ2) is 6.04. The second-order valence-electron chi connectivity index (χ2n) is 7.28. The molecule has 1 heterocycles. The summed E-state index contributed by atoms with van der Waals surface area (Å²) < 4.78 is 0. The van der Waals surface area contributed by atoms with Crippen LogP contribution in [0, 0.1) is 11.8 Å². The third-order valence-electron chi connectivity index (χ3n) is 5.78. The molecule has 0 bridgehead atoms. The highest BCUT2D eigenvalue weighted by atomic mass is 16.2. The molecule has 3 atom stereocenters. The van der Waals surface area contributed by atoms with Crippen molar-refractivity contribution in [3.05, 3.63) is 35.9 Å². The number of rotatable bonds is 4. The molecule has 0 aromatic heterocycles. The Labute approximate surface area is 142 Å². The molecule has 2 aliphatic rings.